The lowest BCUT2D eigenvalue weighted by molar-refractivity contribution is -0.137. The highest BCUT2D eigenvalue weighted by Gasteiger charge is 2.34. The van der Waals surface area contributed by atoms with Crippen molar-refractivity contribution in [3.63, 3.8) is 0 Å². The van der Waals surface area contributed by atoms with E-state index in [1.165, 1.54) is 16.9 Å². The molecule has 3 aromatic rings. The number of amides is 3. The molecule has 0 bridgehead atoms. The van der Waals surface area contributed by atoms with E-state index >= 15 is 0 Å². The number of likely N-dealkylation sites (N-methyl/N-ethyl adjacent to an activating group) is 2. The molecule has 4 rings (SSSR count). The predicted octanol–water partition coefficient (Wildman–Crippen LogP) is 4.60. The molecule has 1 aliphatic carbocycles. The predicted molar refractivity (Wildman–Crippen MR) is 210 cm³/mol. The maximum Gasteiger partial charge on any atom is 0.243 e. The first-order chi connectivity index (χ1) is 25.6. The zero-order valence-electron chi connectivity index (χ0n) is 31.2. The highest BCUT2D eigenvalue weighted by atomic mass is 32.1. The molecule has 0 spiro atoms. The lowest BCUT2D eigenvalue weighted by Crippen LogP contribution is -2.56. The van der Waals surface area contributed by atoms with Crippen LogP contribution in [0, 0.1) is 24.2 Å². The third-order valence-electron chi connectivity index (χ3n) is 10.2. The molecule has 2 aromatic carbocycles. The van der Waals surface area contributed by atoms with E-state index in [-0.39, 0.29) is 25.2 Å². The van der Waals surface area contributed by atoms with Crippen LogP contribution in [0.1, 0.15) is 74.6 Å². The normalized spacial score (nSPS) is 16.2. The van der Waals surface area contributed by atoms with Crippen molar-refractivity contribution in [1.29, 1.82) is 0 Å². The van der Waals surface area contributed by atoms with Gasteiger partial charge in [0.05, 0.1) is 29.3 Å². The molecule has 0 saturated heterocycles. The first kappa shape index (κ1) is 41.7. The smallest absolute Gasteiger partial charge is 0.243 e. The molecule has 1 aliphatic rings. The third kappa shape index (κ3) is 14.3. The number of terminal acetylenes is 1. The van der Waals surface area contributed by atoms with Crippen LogP contribution in [0.5, 0.6) is 0 Å². The van der Waals surface area contributed by atoms with Crippen molar-refractivity contribution in [2.24, 2.45) is 11.8 Å². The van der Waals surface area contributed by atoms with E-state index in [4.69, 9.17) is 6.42 Å². The van der Waals surface area contributed by atoms with E-state index < -0.39 is 42.0 Å². The van der Waals surface area contributed by atoms with Crippen LogP contribution >= 0.6 is 11.3 Å². The monoisotopic (exact) mass is 743 g/mol. The molecule has 1 fully saturated rings. The van der Waals surface area contributed by atoms with Gasteiger partial charge < -0.3 is 30.6 Å². The van der Waals surface area contributed by atoms with Gasteiger partial charge in [0.1, 0.15) is 12.1 Å². The van der Waals surface area contributed by atoms with Crippen molar-refractivity contribution in [1.82, 2.24) is 25.4 Å². The highest BCUT2D eigenvalue weighted by Crippen LogP contribution is 2.29. The van der Waals surface area contributed by atoms with Crippen LogP contribution in [0.15, 0.2) is 71.6 Å². The summed E-state index contributed by atoms with van der Waals surface area (Å²) in [5.74, 6) is 1.02. The fraction of sp³-hybridized carbons (Fsp3) is 0.524. The number of carbonyl (C=O) groups excluding carboxylic acids is 3. The lowest BCUT2D eigenvalue weighted by atomic mass is 9.82. The molecular weight excluding hydrogens is 687 g/mol. The first-order valence-corrected chi connectivity index (χ1v) is 19.8. The number of thiazole rings is 1. The second-order valence-corrected chi connectivity index (χ2v) is 15.2. The number of aliphatic hydroxyl groups is 2. The topological polar surface area (TPSA) is 135 Å². The van der Waals surface area contributed by atoms with E-state index in [0.29, 0.717) is 44.0 Å². The molecule has 10 nitrogen and oxygen atoms in total. The summed E-state index contributed by atoms with van der Waals surface area (Å²) in [4.78, 5) is 50.1. The molecule has 0 aliphatic heterocycles. The Morgan fingerprint density at radius 1 is 0.925 bits per heavy atom. The van der Waals surface area contributed by atoms with Gasteiger partial charge in [-0.05, 0) is 43.4 Å². The quantitative estimate of drug-likeness (QED) is 0.117. The van der Waals surface area contributed by atoms with Crippen LogP contribution in [-0.4, -0.2) is 94.2 Å². The second kappa shape index (κ2) is 22.2. The van der Waals surface area contributed by atoms with Gasteiger partial charge in [0, 0.05) is 51.3 Å². The maximum atomic E-state index is 14.2. The number of aromatic nitrogens is 1. The van der Waals surface area contributed by atoms with Crippen LogP contribution in [0.3, 0.4) is 0 Å². The number of aliphatic hydroxyl groups excluding tert-OH is 2. The molecule has 1 aromatic heterocycles. The third-order valence-corrected chi connectivity index (χ3v) is 10.9. The molecule has 3 amide bonds. The Balaban J connectivity index is 1.48. The number of hydrogen-bond donors (Lipinski definition) is 4. The van der Waals surface area contributed by atoms with E-state index in [1.54, 1.807) is 17.5 Å². The minimum atomic E-state index is -1.23. The Kier molecular flexibility index (Phi) is 17.5. The van der Waals surface area contributed by atoms with Gasteiger partial charge >= 0.3 is 0 Å². The summed E-state index contributed by atoms with van der Waals surface area (Å²) in [6, 6.07) is 17.9. The average molecular weight is 744 g/mol. The van der Waals surface area contributed by atoms with Crippen molar-refractivity contribution < 1.29 is 24.6 Å². The summed E-state index contributed by atoms with van der Waals surface area (Å²) in [6.45, 7) is 1.91. The number of nitrogens with zero attached hydrogens (tertiary/aromatic N) is 3. The Morgan fingerprint density at radius 3 is 2.25 bits per heavy atom. The summed E-state index contributed by atoms with van der Waals surface area (Å²) in [7, 11) is 3.77. The average Bonchev–Trinajstić information content (AvgIpc) is 3.69. The van der Waals surface area contributed by atoms with E-state index in [0.717, 1.165) is 44.2 Å². The minimum Gasteiger partial charge on any atom is -0.390 e. The molecule has 1 saturated carbocycles. The zero-order chi connectivity index (χ0) is 38.0. The molecule has 286 valence electrons. The number of rotatable bonds is 21. The van der Waals surface area contributed by atoms with Gasteiger partial charge in [-0.3, -0.25) is 14.4 Å². The number of nitrogens with one attached hydrogen (secondary N) is 2. The molecule has 5 atom stereocenters. The summed E-state index contributed by atoms with van der Waals surface area (Å²) < 4.78 is 0. The summed E-state index contributed by atoms with van der Waals surface area (Å²) in [6.07, 6.45) is 9.84. The summed E-state index contributed by atoms with van der Waals surface area (Å²) >= 11 is 1.39. The van der Waals surface area contributed by atoms with Gasteiger partial charge in [0.25, 0.3) is 0 Å². The summed E-state index contributed by atoms with van der Waals surface area (Å²) in [5.41, 5.74) is 4.41. The van der Waals surface area contributed by atoms with Gasteiger partial charge in [0.15, 0.2) is 0 Å². The van der Waals surface area contributed by atoms with Gasteiger partial charge in [0.2, 0.25) is 17.7 Å². The van der Waals surface area contributed by atoms with Crippen molar-refractivity contribution in [3.05, 3.63) is 88.4 Å². The largest absolute Gasteiger partial charge is 0.390 e. The molecular formula is C42H57N5O5S. The van der Waals surface area contributed by atoms with Crippen LogP contribution in [0.25, 0.3) is 0 Å². The minimum absolute atomic E-state index is 0.0327. The zero-order valence-corrected chi connectivity index (χ0v) is 32.1. The van der Waals surface area contributed by atoms with Gasteiger partial charge in [-0.2, -0.15) is 0 Å². The van der Waals surface area contributed by atoms with Gasteiger partial charge in [-0.25, -0.2) is 4.98 Å². The Hall–Kier alpha value is -4.08. The maximum absolute atomic E-state index is 14.2. The molecule has 53 heavy (non-hydrogen) atoms. The number of benzene rings is 2. The fourth-order valence-corrected chi connectivity index (χ4v) is 7.58. The number of hydrogen-bond acceptors (Lipinski definition) is 8. The first-order valence-electron chi connectivity index (χ1n) is 18.9. The second-order valence-electron chi connectivity index (χ2n) is 14.5. The molecule has 0 unspecified atom stereocenters. The molecule has 0 radical (unpaired) electrons. The van der Waals surface area contributed by atoms with Crippen molar-refractivity contribution in [3.8, 4) is 12.3 Å². The standard InChI is InChI=1S/C42H57N5O5S/c1-4-5-21-38(48)40(50)36(25-32-17-11-7-12-18-32)44-42(52)37(27-35-29-53-30-43-35)45-41(51)34(24-31-15-9-6-10-16-31)26-39(49)47(3)23-22-46(2)28-33-19-13-8-14-20-33/h1,6,8-10,13-16,19-20,29-30,32,34,36-38,40,48,50H,5,7,11-12,17-18,21-28H2,2-3H3,(H,44,52)(H,45,51)/t34-,36+,37+,38+,40-/m1/s1. The van der Waals surface area contributed by atoms with Crippen molar-refractivity contribution >= 4 is 29.1 Å². The lowest BCUT2D eigenvalue weighted by Gasteiger charge is -2.33. The molecule has 11 heteroatoms. The van der Waals surface area contributed by atoms with Gasteiger partial charge in [-0.15, -0.1) is 23.7 Å². The van der Waals surface area contributed by atoms with Crippen LogP contribution in [-0.2, 0) is 33.8 Å². The van der Waals surface area contributed by atoms with Crippen molar-refractivity contribution in [2.75, 3.05) is 27.2 Å². The van der Waals surface area contributed by atoms with Crippen molar-refractivity contribution in [2.45, 2.75) is 101 Å². The molecule has 4 N–H and O–H groups in total. The van der Waals surface area contributed by atoms with E-state index in [1.807, 2.05) is 61.0 Å². The fourth-order valence-electron chi connectivity index (χ4n) is 7.01. The van der Waals surface area contributed by atoms with Crippen LogP contribution < -0.4 is 10.6 Å². The summed E-state index contributed by atoms with van der Waals surface area (Å²) in [5, 5.41) is 29.9. The van der Waals surface area contributed by atoms with E-state index in [2.05, 4.69) is 38.6 Å². The Bertz CT molecular complexity index is 1560. The van der Waals surface area contributed by atoms with Crippen LogP contribution in [0.2, 0.25) is 0 Å². The van der Waals surface area contributed by atoms with Gasteiger partial charge in [-0.1, -0.05) is 92.8 Å². The number of carbonyl (C=O) groups is 3. The van der Waals surface area contributed by atoms with Crippen LogP contribution in [0.4, 0.5) is 0 Å². The SMILES string of the molecule is C#CCC[C@H](O)[C@H](O)[C@H](CC1CCCCC1)NC(=O)[C@H](Cc1cscn1)NC(=O)[C@@H](CC(=O)N(C)CCN(C)Cc1ccccc1)Cc1ccccc1. The van der Waals surface area contributed by atoms with E-state index in [9.17, 15) is 24.6 Å². The Labute approximate surface area is 319 Å². The Morgan fingerprint density at radius 2 is 1.60 bits per heavy atom. The molecule has 1 heterocycles. The highest BCUT2D eigenvalue weighted by molar-refractivity contribution is 7.07.